The first-order chi connectivity index (χ1) is 8.26. The van der Waals surface area contributed by atoms with Crippen molar-refractivity contribution in [2.75, 3.05) is 24.6 Å². The van der Waals surface area contributed by atoms with Gasteiger partial charge in [0, 0.05) is 26.2 Å². The molecular weight excluding hydrogens is 236 g/mol. The Morgan fingerprint density at radius 2 is 2.29 bits per heavy atom. The zero-order valence-electron chi connectivity index (χ0n) is 9.90. The van der Waals surface area contributed by atoms with Gasteiger partial charge in [-0.25, -0.2) is 0 Å². The molecule has 0 aromatic heterocycles. The van der Waals surface area contributed by atoms with Crippen molar-refractivity contribution in [1.29, 1.82) is 0 Å². The molecule has 0 spiro atoms. The number of piperidine rings is 1. The molecule has 4 heteroatoms. The molecule has 94 valence electrons. The maximum absolute atomic E-state index is 9.27. The molecule has 1 aliphatic rings. The van der Waals surface area contributed by atoms with E-state index in [2.05, 4.69) is 4.90 Å². The molecule has 1 aromatic carbocycles. The predicted molar refractivity (Wildman–Crippen MR) is 71.4 cm³/mol. The van der Waals surface area contributed by atoms with Gasteiger partial charge in [-0.1, -0.05) is 23.7 Å². The Balaban J connectivity index is 2.26. The third kappa shape index (κ3) is 2.73. The topological polar surface area (TPSA) is 49.5 Å². The van der Waals surface area contributed by atoms with Crippen LogP contribution in [0, 0.1) is 5.92 Å². The van der Waals surface area contributed by atoms with Gasteiger partial charge < -0.3 is 15.7 Å². The minimum atomic E-state index is 0.249. The Kier molecular flexibility index (Phi) is 4.26. The number of halogens is 1. The number of para-hydroxylation sites is 1. The second-order valence-corrected chi connectivity index (χ2v) is 5.00. The van der Waals surface area contributed by atoms with Crippen molar-refractivity contribution in [3.8, 4) is 0 Å². The van der Waals surface area contributed by atoms with Crippen molar-refractivity contribution >= 4 is 17.3 Å². The predicted octanol–water partition coefficient (Wildman–Crippen LogP) is 2.01. The van der Waals surface area contributed by atoms with Crippen LogP contribution in [-0.4, -0.2) is 24.8 Å². The van der Waals surface area contributed by atoms with E-state index in [0.717, 1.165) is 42.2 Å². The van der Waals surface area contributed by atoms with E-state index in [4.69, 9.17) is 17.3 Å². The fourth-order valence-corrected chi connectivity index (χ4v) is 2.81. The number of aliphatic hydroxyl groups is 1. The summed E-state index contributed by atoms with van der Waals surface area (Å²) in [5, 5.41) is 10.0. The van der Waals surface area contributed by atoms with Crippen LogP contribution in [0.15, 0.2) is 18.2 Å². The molecule has 0 saturated carbocycles. The van der Waals surface area contributed by atoms with Gasteiger partial charge in [-0.2, -0.15) is 0 Å². The third-order valence-corrected chi connectivity index (χ3v) is 3.69. The highest BCUT2D eigenvalue weighted by Crippen LogP contribution is 2.32. The molecule has 0 aliphatic carbocycles. The number of nitrogens with zero attached hydrogens (tertiary/aromatic N) is 1. The van der Waals surface area contributed by atoms with E-state index in [9.17, 15) is 5.11 Å². The lowest BCUT2D eigenvalue weighted by atomic mass is 9.97. The normalized spacial score (nSPS) is 20.6. The van der Waals surface area contributed by atoms with Crippen LogP contribution in [0.2, 0.25) is 5.02 Å². The van der Waals surface area contributed by atoms with E-state index in [1.807, 2.05) is 18.2 Å². The summed E-state index contributed by atoms with van der Waals surface area (Å²) in [7, 11) is 0. The first-order valence-electron chi connectivity index (χ1n) is 6.09. The van der Waals surface area contributed by atoms with Crippen LogP contribution in [0.5, 0.6) is 0 Å². The van der Waals surface area contributed by atoms with Crippen molar-refractivity contribution in [1.82, 2.24) is 0 Å². The van der Waals surface area contributed by atoms with Gasteiger partial charge in [-0.05, 0) is 30.4 Å². The Morgan fingerprint density at radius 1 is 1.47 bits per heavy atom. The van der Waals surface area contributed by atoms with Crippen LogP contribution >= 0.6 is 11.6 Å². The fourth-order valence-electron chi connectivity index (χ4n) is 2.50. The molecule has 1 atom stereocenters. The van der Waals surface area contributed by atoms with Crippen molar-refractivity contribution < 1.29 is 5.11 Å². The van der Waals surface area contributed by atoms with Gasteiger partial charge in [0.1, 0.15) is 0 Å². The molecule has 3 N–H and O–H groups in total. The number of rotatable bonds is 3. The zero-order valence-corrected chi connectivity index (χ0v) is 10.7. The summed E-state index contributed by atoms with van der Waals surface area (Å²) in [4.78, 5) is 2.26. The van der Waals surface area contributed by atoms with Crippen molar-refractivity contribution in [3.63, 3.8) is 0 Å². The van der Waals surface area contributed by atoms with E-state index in [0.29, 0.717) is 12.5 Å². The van der Waals surface area contributed by atoms with E-state index >= 15 is 0 Å². The molecule has 0 amide bonds. The van der Waals surface area contributed by atoms with Gasteiger partial charge in [0.15, 0.2) is 0 Å². The molecule has 1 heterocycles. The highest BCUT2D eigenvalue weighted by molar-refractivity contribution is 6.33. The molecule has 17 heavy (non-hydrogen) atoms. The minimum Gasteiger partial charge on any atom is -0.396 e. The van der Waals surface area contributed by atoms with Crippen LogP contribution in [0.1, 0.15) is 18.4 Å². The second-order valence-electron chi connectivity index (χ2n) is 4.59. The summed E-state index contributed by atoms with van der Waals surface area (Å²) in [6, 6.07) is 5.85. The summed E-state index contributed by atoms with van der Waals surface area (Å²) in [5.74, 6) is 0.352. The largest absolute Gasteiger partial charge is 0.396 e. The minimum absolute atomic E-state index is 0.249. The second kappa shape index (κ2) is 5.71. The summed E-state index contributed by atoms with van der Waals surface area (Å²) in [6.07, 6.45) is 2.19. The highest BCUT2D eigenvalue weighted by atomic mass is 35.5. The Labute approximate surface area is 107 Å². The SMILES string of the molecule is NCc1cccc(Cl)c1N1CCCC(CO)C1. The molecule has 3 nitrogen and oxygen atoms in total. The van der Waals surface area contributed by atoms with Crippen LogP contribution < -0.4 is 10.6 Å². The highest BCUT2D eigenvalue weighted by Gasteiger charge is 2.22. The number of hydrogen-bond donors (Lipinski definition) is 2. The molecule has 1 aliphatic heterocycles. The standard InChI is InChI=1S/C13H19ClN2O/c14-12-5-1-4-11(7-15)13(12)16-6-2-3-10(8-16)9-17/h1,4-5,10,17H,2-3,6-9,15H2. The molecule has 1 unspecified atom stereocenters. The van der Waals surface area contributed by atoms with Crippen LogP contribution in [0.3, 0.4) is 0 Å². The zero-order chi connectivity index (χ0) is 12.3. The van der Waals surface area contributed by atoms with Gasteiger partial charge in [-0.15, -0.1) is 0 Å². The van der Waals surface area contributed by atoms with Crippen molar-refractivity contribution in [2.24, 2.45) is 11.7 Å². The quantitative estimate of drug-likeness (QED) is 0.868. The fraction of sp³-hybridized carbons (Fsp3) is 0.538. The molecule has 1 aromatic rings. The van der Waals surface area contributed by atoms with Crippen LogP contribution in [0.25, 0.3) is 0 Å². The molecule has 2 rings (SSSR count). The molecule has 1 saturated heterocycles. The molecular formula is C13H19ClN2O. The number of anilines is 1. The average molecular weight is 255 g/mol. The Morgan fingerprint density at radius 3 is 3.00 bits per heavy atom. The van der Waals surface area contributed by atoms with Crippen molar-refractivity contribution in [3.05, 3.63) is 28.8 Å². The maximum atomic E-state index is 9.27. The number of aliphatic hydroxyl groups excluding tert-OH is 1. The number of benzene rings is 1. The summed E-state index contributed by atoms with van der Waals surface area (Å²) in [6.45, 7) is 2.61. The average Bonchev–Trinajstić information content (AvgIpc) is 2.38. The smallest absolute Gasteiger partial charge is 0.0642 e. The molecule has 1 fully saturated rings. The monoisotopic (exact) mass is 254 g/mol. The molecule has 0 radical (unpaired) electrons. The summed E-state index contributed by atoms with van der Waals surface area (Å²) >= 11 is 6.27. The van der Waals surface area contributed by atoms with Crippen LogP contribution in [0.4, 0.5) is 5.69 Å². The number of hydrogen-bond acceptors (Lipinski definition) is 3. The lowest BCUT2D eigenvalue weighted by molar-refractivity contribution is 0.208. The Hall–Kier alpha value is -0.770. The van der Waals surface area contributed by atoms with E-state index in [1.165, 1.54) is 0 Å². The van der Waals surface area contributed by atoms with Gasteiger partial charge in [-0.3, -0.25) is 0 Å². The Bertz CT molecular complexity index is 384. The first kappa shape index (κ1) is 12.7. The van der Waals surface area contributed by atoms with Crippen LogP contribution in [-0.2, 0) is 6.54 Å². The maximum Gasteiger partial charge on any atom is 0.0642 e. The van der Waals surface area contributed by atoms with E-state index < -0.39 is 0 Å². The summed E-state index contributed by atoms with van der Waals surface area (Å²) < 4.78 is 0. The van der Waals surface area contributed by atoms with Crippen molar-refractivity contribution in [2.45, 2.75) is 19.4 Å². The lowest BCUT2D eigenvalue weighted by Crippen LogP contribution is -2.37. The van der Waals surface area contributed by atoms with Gasteiger partial charge in [0.2, 0.25) is 0 Å². The van der Waals surface area contributed by atoms with E-state index in [1.54, 1.807) is 0 Å². The van der Waals surface area contributed by atoms with Gasteiger partial charge in [0.25, 0.3) is 0 Å². The lowest BCUT2D eigenvalue weighted by Gasteiger charge is -2.35. The van der Waals surface area contributed by atoms with Gasteiger partial charge >= 0.3 is 0 Å². The summed E-state index contributed by atoms with van der Waals surface area (Å²) in [5.41, 5.74) is 7.89. The molecule has 0 bridgehead atoms. The van der Waals surface area contributed by atoms with Gasteiger partial charge in [0.05, 0.1) is 10.7 Å². The third-order valence-electron chi connectivity index (χ3n) is 3.38. The first-order valence-corrected chi connectivity index (χ1v) is 6.47. The van der Waals surface area contributed by atoms with E-state index in [-0.39, 0.29) is 6.61 Å². The number of nitrogens with two attached hydrogens (primary N) is 1.